The van der Waals surface area contributed by atoms with Crippen LogP contribution in [0.4, 0.5) is 0 Å². The Labute approximate surface area is 97.8 Å². The van der Waals surface area contributed by atoms with Crippen molar-refractivity contribution in [3.8, 4) is 0 Å². The summed E-state index contributed by atoms with van der Waals surface area (Å²) in [6.07, 6.45) is 2.22. The standard InChI is InChI=1S/C9H13N3OS2/c10-9(14)12-11-8(13)5-1-3-7-4-2-6-15-7/h2,4,6H,1,3,5H2,(H,11,13)(H3,10,12,14). The summed E-state index contributed by atoms with van der Waals surface area (Å²) in [6, 6.07) is 4.07. The third-order valence-corrected chi connectivity index (χ3v) is 2.77. The summed E-state index contributed by atoms with van der Waals surface area (Å²) in [5.74, 6) is -0.0978. The molecule has 4 nitrogen and oxygen atoms in total. The lowest BCUT2D eigenvalue weighted by molar-refractivity contribution is -0.121. The van der Waals surface area contributed by atoms with Gasteiger partial charge in [0.15, 0.2) is 5.11 Å². The summed E-state index contributed by atoms with van der Waals surface area (Å²) in [6.45, 7) is 0. The second-order valence-corrected chi connectivity index (χ2v) is 4.44. The van der Waals surface area contributed by atoms with Gasteiger partial charge in [-0.1, -0.05) is 6.07 Å². The highest BCUT2D eigenvalue weighted by molar-refractivity contribution is 7.80. The van der Waals surface area contributed by atoms with Gasteiger partial charge < -0.3 is 5.73 Å². The Morgan fingerprint density at radius 1 is 1.53 bits per heavy atom. The molecule has 82 valence electrons. The van der Waals surface area contributed by atoms with Gasteiger partial charge in [0.2, 0.25) is 5.91 Å². The normalized spacial score (nSPS) is 9.60. The number of rotatable bonds is 4. The van der Waals surface area contributed by atoms with Crippen LogP contribution in [0.5, 0.6) is 0 Å². The van der Waals surface area contributed by atoms with Crippen LogP contribution in [0.15, 0.2) is 17.5 Å². The monoisotopic (exact) mass is 243 g/mol. The molecule has 1 heterocycles. The fraction of sp³-hybridized carbons (Fsp3) is 0.333. The van der Waals surface area contributed by atoms with Gasteiger partial charge in [0.05, 0.1) is 0 Å². The fourth-order valence-corrected chi connectivity index (χ4v) is 1.87. The molecule has 0 aromatic carbocycles. The predicted octanol–water partition coefficient (Wildman–Crippen LogP) is 0.935. The van der Waals surface area contributed by atoms with Crippen molar-refractivity contribution >= 4 is 34.6 Å². The summed E-state index contributed by atoms with van der Waals surface area (Å²) in [5.41, 5.74) is 9.97. The fourth-order valence-electron chi connectivity index (χ4n) is 1.07. The van der Waals surface area contributed by atoms with Crippen molar-refractivity contribution in [3.05, 3.63) is 22.4 Å². The smallest absolute Gasteiger partial charge is 0.238 e. The molecule has 1 aromatic rings. The van der Waals surface area contributed by atoms with Crippen molar-refractivity contribution in [1.29, 1.82) is 0 Å². The summed E-state index contributed by atoms with van der Waals surface area (Å²) < 4.78 is 0. The van der Waals surface area contributed by atoms with Gasteiger partial charge in [-0.3, -0.25) is 15.6 Å². The molecule has 0 saturated heterocycles. The molecule has 15 heavy (non-hydrogen) atoms. The highest BCUT2D eigenvalue weighted by Gasteiger charge is 2.01. The van der Waals surface area contributed by atoms with Crippen molar-refractivity contribution in [2.45, 2.75) is 19.3 Å². The molecule has 4 N–H and O–H groups in total. The topological polar surface area (TPSA) is 67.2 Å². The second-order valence-electron chi connectivity index (χ2n) is 2.97. The molecule has 6 heteroatoms. The summed E-state index contributed by atoms with van der Waals surface area (Å²) >= 11 is 6.25. The number of thiophene rings is 1. The zero-order valence-electron chi connectivity index (χ0n) is 8.16. The first-order valence-corrected chi connectivity index (χ1v) is 5.84. The number of hydrogen-bond donors (Lipinski definition) is 3. The quantitative estimate of drug-likeness (QED) is 0.544. The number of thiocarbonyl (C=S) groups is 1. The average molecular weight is 243 g/mol. The van der Waals surface area contributed by atoms with E-state index in [0.717, 1.165) is 12.8 Å². The minimum Gasteiger partial charge on any atom is -0.375 e. The Bertz CT molecular complexity index is 324. The Morgan fingerprint density at radius 3 is 2.93 bits per heavy atom. The van der Waals surface area contributed by atoms with Crippen molar-refractivity contribution < 1.29 is 4.79 Å². The number of carbonyl (C=O) groups is 1. The van der Waals surface area contributed by atoms with Gasteiger partial charge in [-0.2, -0.15) is 0 Å². The van der Waals surface area contributed by atoms with E-state index in [1.54, 1.807) is 11.3 Å². The van der Waals surface area contributed by atoms with Crippen molar-refractivity contribution in [2.24, 2.45) is 5.73 Å². The van der Waals surface area contributed by atoms with Crippen molar-refractivity contribution in [1.82, 2.24) is 10.9 Å². The first-order valence-electron chi connectivity index (χ1n) is 4.55. The maximum Gasteiger partial charge on any atom is 0.238 e. The van der Waals surface area contributed by atoms with E-state index >= 15 is 0 Å². The number of hydrogen-bond acceptors (Lipinski definition) is 3. The van der Waals surface area contributed by atoms with Crippen LogP contribution in [0.1, 0.15) is 17.7 Å². The first-order chi connectivity index (χ1) is 7.18. The third-order valence-electron chi connectivity index (χ3n) is 1.73. The van der Waals surface area contributed by atoms with Crippen molar-refractivity contribution in [2.75, 3.05) is 0 Å². The van der Waals surface area contributed by atoms with Crippen LogP contribution < -0.4 is 16.6 Å². The average Bonchev–Trinajstić information content (AvgIpc) is 2.67. The lowest BCUT2D eigenvalue weighted by atomic mass is 10.2. The molecule has 0 aliphatic heterocycles. The number of nitrogens with two attached hydrogens (primary N) is 1. The van der Waals surface area contributed by atoms with Crippen LogP contribution in [-0.2, 0) is 11.2 Å². The van der Waals surface area contributed by atoms with E-state index in [0.29, 0.717) is 6.42 Å². The molecular formula is C9H13N3OS2. The van der Waals surface area contributed by atoms with Crippen LogP contribution >= 0.6 is 23.6 Å². The van der Waals surface area contributed by atoms with Gasteiger partial charge in [-0.05, 0) is 36.5 Å². The molecule has 0 bridgehead atoms. The van der Waals surface area contributed by atoms with Crippen LogP contribution in [0.3, 0.4) is 0 Å². The zero-order chi connectivity index (χ0) is 11.1. The van der Waals surface area contributed by atoms with E-state index in [1.807, 2.05) is 11.4 Å². The molecule has 0 radical (unpaired) electrons. The van der Waals surface area contributed by atoms with Crippen LogP contribution in [0, 0.1) is 0 Å². The Kier molecular flexibility index (Phi) is 5.06. The minimum atomic E-state index is -0.0978. The number of nitrogens with one attached hydrogen (secondary N) is 2. The second kappa shape index (κ2) is 6.36. The van der Waals surface area contributed by atoms with E-state index in [1.165, 1.54) is 4.88 Å². The Morgan fingerprint density at radius 2 is 2.33 bits per heavy atom. The molecular weight excluding hydrogens is 230 g/mol. The number of amides is 1. The van der Waals surface area contributed by atoms with Crippen LogP contribution in [0.2, 0.25) is 0 Å². The predicted molar refractivity (Wildman–Crippen MR) is 65.3 cm³/mol. The minimum absolute atomic E-state index is 0.0709. The molecule has 0 saturated carbocycles. The molecule has 0 unspecified atom stereocenters. The van der Waals surface area contributed by atoms with E-state index in [9.17, 15) is 4.79 Å². The van der Waals surface area contributed by atoms with Crippen molar-refractivity contribution in [3.63, 3.8) is 0 Å². The van der Waals surface area contributed by atoms with Gasteiger partial charge in [0.1, 0.15) is 0 Å². The molecule has 1 aromatic heterocycles. The van der Waals surface area contributed by atoms with Crippen LogP contribution in [-0.4, -0.2) is 11.0 Å². The van der Waals surface area contributed by atoms with E-state index in [2.05, 4.69) is 29.1 Å². The molecule has 1 rings (SSSR count). The SMILES string of the molecule is NC(=S)NNC(=O)CCCc1cccs1. The van der Waals surface area contributed by atoms with E-state index in [4.69, 9.17) is 5.73 Å². The maximum atomic E-state index is 11.2. The van der Waals surface area contributed by atoms with Gasteiger partial charge >= 0.3 is 0 Å². The largest absolute Gasteiger partial charge is 0.375 e. The molecule has 0 aliphatic rings. The van der Waals surface area contributed by atoms with Gasteiger partial charge in [0.25, 0.3) is 0 Å². The lowest BCUT2D eigenvalue weighted by Gasteiger charge is -2.05. The molecule has 1 amide bonds. The Hall–Kier alpha value is -1.14. The third kappa shape index (κ3) is 5.34. The van der Waals surface area contributed by atoms with Gasteiger partial charge in [-0.15, -0.1) is 11.3 Å². The highest BCUT2D eigenvalue weighted by atomic mass is 32.1. The number of aryl methyl sites for hydroxylation is 1. The highest BCUT2D eigenvalue weighted by Crippen LogP contribution is 2.11. The summed E-state index contributed by atoms with van der Waals surface area (Å²) in [7, 11) is 0. The molecule has 0 fully saturated rings. The van der Waals surface area contributed by atoms with E-state index in [-0.39, 0.29) is 11.0 Å². The molecule has 0 atom stereocenters. The summed E-state index contributed by atoms with van der Waals surface area (Å²) in [4.78, 5) is 12.5. The van der Waals surface area contributed by atoms with E-state index < -0.39 is 0 Å². The zero-order valence-corrected chi connectivity index (χ0v) is 9.79. The molecule has 0 spiro atoms. The summed E-state index contributed by atoms with van der Waals surface area (Å²) in [5, 5.41) is 2.10. The van der Waals surface area contributed by atoms with Crippen LogP contribution in [0.25, 0.3) is 0 Å². The number of hydrazine groups is 1. The Balaban J connectivity index is 2.09. The van der Waals surface area contributed by atoms with Gasteiger partial charge in [0, 0.05) is 11.3 Å². The van der Waals surface area contributed by atoms with Gasteiger partial charge in [-0.25, -0.2) is 0 Å². The first kappa shape index (κ1) is 11.9. The lowest BCUT2D eigenvalue weighted by Crippen LogP contribution is -2.44. The molecule has 0 aliphatic carbocycles. The number of carbonyl (C=O) groups excluding carboxylic acids is 1. The maximum absolute atomic E-state index is 11.2.